The Kier molecular flexibility index (Phi) is 5.15. The van der Waals surface area contributed by atoms with Crippen molar-refractivity contribution >= 4 is 22.5 Å². The lowest BCUT2D eigenvalue weighted by molar-refractivity contribution is -0.132. The summed E-state index contributed by atoms with van der Waals surface area (Å²) in [7, 11) is 1.63. The topological polar surface area (TPSA) is 63.7 Å². The zero-order valence-corrected chi connectivity index (χ0v) is 14.1. The van der Waals surface area contributed by atoms with Crippen LogP contribution < -0.4 is 15.0 Å². The van der Waals surface area contributed by atoms with E-state index in [9.17, 15) is 4.79 Å². The standard InChI is InChI=1S/C18H23N3O3/c1-3-10-23-15-6-4-5-13-14(7-8-20-17(13)15)21-9-11-24-16(12-21)18(22)19-2/h4-8,16H,3,9-12H2,1-2H3,(H,19,22)/t16-/m0/s1. The second-order valence-electron chi connectivity index (χ2n) is 5.75. The van der Waals surface area contributed by atoms with E-state index >= 15 is 0 Å². The van der Waals surface area contributed by atoms with Gasteiger partial charge in [0.2, 0.25) is 0 Å². The zero-order valence-electron chi connectivity index (χ0n) is 14.1. The fourth-order valence-corrected chi connectivity index (χ4v) is 2.93. The predicted octanol–water partition coefficient (Wildman–Crippen LogP) is 1.97. The highest BCUT2D eigenvalue weighted by atomic mass is 16.5. The van der Waals surface area contributed by atoms with E-state index in [1.807, 2.05) is 24.3 Å². The van der Waals surface area contributed by atoms with Crippen LogP contribution in [0.2, 0.25) is 0 Å². The Labute approximate surface area is 141 Å². The quantitative estimate of drug-likeness (QED) is 0.909. The Bertz CT molecular complexity index is 720. The fraction of sp³-hybridized carbons (Fsp3) is 0.444. The maximum Gasteiger partial charge on any atom is 0.250 e. The van der Waals surface area contributed by atoms with Gasteiger partial charge in [0.05, 0.1) is 19.8 Å². The van der Waals surface area contributed by atoms with E-state index in [1.165, 1.54) is 0 Å². The molecule has 24 heavy (non-hydrogen) atoms. The molecule has 0 unspecified atom stereocenters. The number of fused-ring (bicyclic) bond motifs is 1. The number of rotatable bonds is 5. The van der Waals surface area contributed by atoms with Crippen LogP contribution in [-0.2, 0) is 9.53 Å². The van der Waals surface area contributed by atoms with Crippen LogP contribution in [0.4, 0.5) is 5.69 Å². The van der Waals surface area contributed by atoms with Gasteiger partial charge in [-0.3, -0.25) is 9.78 Å². The van der Waals surface area contributed by atoms with Crippen LogP contribution >= 0.6 is 0 Å². The molecule has 1 atom stereocenters. The summed E-state index contributed by atoms with van der Waals surface area (Å²) >= 11 is 0. The van der Waals surface area contributed by atoms with Crippen LogP contribution in [0, 0.1) is 0 Å². The minimum absolute atomic E-state index is 0.0926. The first-order valence-corrected chi connectivity index (χ1v) is 8.33. The Morgan fingerprint density at radius 1 is 1.46 bits per heavy atom. The van der Waals surface area contributed by atoms with E-state index < -0.39 is 6.10 Å². The number of benzene rings is 1. The summed E-state index contributed by atoms with van der Waals surface area (Å²) in [6.07, 6.45) is 2.29. The molecule has 1 saturated heterocycles. The van der Waals surface area contributed by atoms with Gasteiger partial charge in [0.1, 0.15) is 11.3 Å². The number of anilines is 1. The van der Waals surface area contributed by atoms with Gasteiger partial charge >= 0.3 is 0 Å². The van der Waals surface area contributed by atoms with Gasteiger partial charge in [-0.15, -0.1) is 0 Å². The largest absolute Gasteiger partial charge is 0.491 e. The second-order valence-corrected chi connectivity index (χ2v) is 5.75. The number of hydrogen-bond donors (Lipinski definition) is 1. The maximum absolute atomic E-state index is 11.9. The number of para-hydroxylation sites is 1. The van der Waals surface area contributed by atoms with Crippen molar-refractivity contribution in [3.63, 3.8) is 0 Å². The molecule has 1 aliphatic heterocycles. The smallest absolute Gasteiger partial charge is 0.250 e. The molecule has 6 nitrogen and oxygen atoms in total. The van der Waals surface area contributed by atoms with Crippen molar-refractivity contribution in [1.29, 1.82) is 0 Å². The minimum Gasteiger partial charge on any atom is -0.491 e. The number of ether oxygens (including phenoxy) is 2. The average molecular weight is 329 g/mol. The van der Waals surface area contributed by atoms with Gasteiger partial charge in [-0.05, 0) is 18.6 Å². The van der Waals surface area contributed by atoms with Crippen LogP contribution in [0.5, 0.6) is 5.75 Å². The molecule has 0 aliphatic carbocycles. The molecule has 1 fully saturated rings. The Hall–Kier alpha value is -2.34. The number of carbonyl (C=O) groups excluding carboxylic acids is 1. The fourth-order valence-electron chi connectivity index (χ4n) is 2.93. The highest BCUT2D eigenvalue weighted by Crippen LogP contribution is 2.32. The highest BCUT2D eigenvalue weighted by Gasteiger charge is 2.27. The zero-order chi connectivity index (χ0) is 16.9. The number of morpholine rings is 1. The molecule has 0 bridgehead atoms. The molecule has 2 aromatic rings. The highest BCUT2D eigenvalue weighted by molar-refractivity contribution is 5.95. The van der Waals surface area contributed by atoms with Crippen LogP contribution in [0.1, 0.15) is 13.3 Å². The predicted molar refractivity (Wildman–Crippen MR) is 93.5 cm³/mol. The summed E-state index contributed by atoms with van der Waals surface area (Å²) in [5.41, 5.74) is 1.91. The van der Waals surface area contributed by atoms with Gasteiger partial charge in [-0.1, -0.05) is 19.1 Å². The van der Waals surface area contributed by atoms with Crippen LogP contribution in [0.15, 0.2) is 30.5 Å². The summed E-state index contributed by atoms with van der Waals surface area (Å²) in [5.74, 6) is 0.706. The maximum atomic E-state index is 11.9. The van der Waals surface area contributed by atoms with Crippen molar-refractivity contribution in [1.82, 2.24) is 10.3 Å². The summed E-state index contributed by atoms with van der Waals surface area (Å²) in [6.45, 7) is 4.54. The van der Waals surface area contributed by atoms with E-state index in [0.29, 0.717) is 19.8 Å². The molecule has 1 N–H and O–H groups in total. The number of likely N-dealkylation sites (N-methyl/N-ethyl adjacent to an activating group) is 1. The van der Waals surface area contributed by atoms with E-state index in [-0.39, 0.29) is 5.91 Å². The number of hydrogen-bond acceptors (Lipinski definition) is 5. The summed E-state index contributed by atoms with van der Waals surface area (Å²) in [6, 6.07) is 7.95. The van der Waals surface area contributed by atoms with Crippen molar-refractivity contribution in [2.75, 3.05) is 38.3 Å². The van der Waals surface area contributed by atoms with Gasteiger partial charge in [0, 0.05) is 30.9 Å². The van der Waals surface area contributed by atoms with Gasteiger partial charge < -0.3 is 19.7 Å². The van der Waals surface area contributed by atoms with Gasteiger partial charge in [0.15, 0.2) is 6.10 Å². The summed E-state index contributed by atoms with van der Waals surface area (Å²) in [4.78, 5) is 18.6. The number of pyridine rings is 1. The molecule has 3 rings (SSSR count). The lowest BCUT2D eigenvalue weighted by atomic mass is 10.1. The molecule has 0 spiro atoms. The van der Waals surface area contributed by atoms with E-state index in [2.05, 4.69) is 22.1 Å². The van der Waals surface area contributed by atoms with Crippen molar-refractivity contribution in [3.05, 3.63) is 30.5 Å². The molecule has 2 heterocycles. The van der Waals surface area contributed by atoms with Crippen molar-refractivity contribution in [3.8, 4) is 5.75 Å². The first kappa shape index (κ1) is 16.5. The summed E-state index contributed by atoms with van der Waals surface area (Å²) in [5, 5.41) is 3.68. The number of nitrogens with zero attached hydrogens (tertiary/aromatic N) is 2. The van der Waals surface area contributed by atoms with E-state index in [4.69, 9.17) is 9.47 Å². The normalized spacial score (nSPS) is 17.8. The molecule has 1 amide bonds. The van der Waals surface area contributed by atoms with Crippen molar-refractivity contribution < 1.29 is 14.3 Å². The second kappa shape index (κ2) is 7.49. The average Bonchev–Trinajstić information content (AvgIpc) is 2.65. The monoisotopic (exact) mass is 329 g/mol. The van der Waals surface area contributed by atoms with Crippen LogP contribution in [-0.4, -0.2) is 50.3 Å². The molecule has 1 aromatic carbocycles. The molecule has 1 aliphatic rings. The molecule has 1 aromatic heterocycles. The number of nitrogens with one attached hydrogen (secondary N) is 1. The Morgan fingerprint density at radius 2 is 2.33 bits per heavy atom. The molecule has 0 saturated carbocycles. The summed E-state index contributed by atoms with van der Waals surface area (Å²) < 4.78 is 11.4. The van der Waals surface area contributed by atoms with Gasteiger partial charge in [-0.25, -0.2) is 0 Å². The number of amides is 1. The lowest BCUT2D eigenvalue weighted by Crippen LogP contribution is -2.49. The third-order valence-corrected chi connectivity index (χ3v) is 4.12. The Morgan fingerprint density at radius 3 is 3.12 bits per heavy atom. The third kappa shape index (κ3) is 3.28. The van der Waals surface area contributed by atoms with Gasteiger partial charge in [0.25, 0.3) is 5.91 Å². The molecule has 6 heteroatoms. The Balaban J connectivity index is 1.93. The molecular formula is C18H23N3O3. The lowest BCUT2D eigenvalue weighted by Gasteiger charge is -2.34. The number of aromatic nitrogens is 1. The van der Waals surface area contributed by atoms with E-state index in [1.54, 1.807) is 13.2 Å². The van der Waals surface area contributed by atoms with Crippen molar-refractivity contribution in [2.24, 2.45) is 0 Å². The van der Waals surface area contributed by atoms with Crippen LogP contribution in [0.3, 0.4) is 0 Å². The van der Waals surface area contributed by atoms with E-state index in [0.717, 1.165) is 35.3 Å². The SMILES string of the molecule is CCCOc1cccc2c(N3CCO[C@H](C(=O)NC)C3)ccnc12. The minimum atomic E-state index is -0.452. The first-order valence-electron chi connectivity index (χ1n) is 8.33. The molecule has 128 valence electrons. The van der Waals surface area contributed by atoms with Gasteiger partial charge in [-0.2, -0.15) is 0 Å². The van der Waals surface area contributed by atoms with Crippen molar-refractivity contribution in [2.45, 2.75) is 19.4 Å². The number of carbonyl (C=O) groups is 1. The first-order chi connectivity index (χ1) is 11.7. The third-order valence-electron chi connectivity index (χ3n) is 4.12. The van der Waals surface area contributed by atoms with Crippen LogP contribution in [0.25, 0.3) is 10.9 Å². The molecular weight excluding hydrogens is 306 g/mol. The molecule has 0 radical (unpaired) electrons.